The molecule has 6 nitrogen and oxygen atoms in total. The van der Waals surface area contributed by atoms with Gasteiger partial charge in [-0.2, -0.15) is 5.10 Å². The molecular formula is C12H14N2O4. The minimum Gasteiger partial charge on any atom is -0.465 e. The van der Waals surface area contributed by atoms with E-state index in [2.05, 4.69) is 20.0 Å². The molecule has 1 rings (SSSR count). The Labute approximate surface area is 105 Å². The van der Waals surface area contributed by atoms with Crippen LogP contribution in [0.5, 0.6) is 0 Å². The molecule has 1 aromatic carbocycles. The van der Waals surface area contributed by atoms with Gasteiger partial charge in [0.15, 0.2) is 0 Å². The third kappa shape index (κ3) is 3.89. The van der Waals surface area contributed by atoms with Gasteiger partial charge in [-0.05, 0) is 13.0 Å². The summed E-state index contributed by atoms with van der Waals surface area (Å²) in [5, 5.41) is 3.68. The van der Waals surface area contributed by atoms with Gasteiger partial charge >= 0.3 is 12.1 Å². The summed E-state index contributed by atoms with van der Waals surface area (Å²) in [5.74, 6) is -0.465. The Balaban J connectivity index is 2.75. The van der Waals surface area contributed by atoms with Gasteiger partial charge < -0.3 is 9.47 Å². The molecule has 0 unspecified atom stereocenters. The van der Waals surface area contributed by atoms with Gasteiger partial charge in [-0.1, -0.05) is 18.2 Å². The second-order valence-electron chi connectivity index (χ2n) is 3.17. The fourth-order valence-electron chi connectivity index (χ4n) is 1.22. The summed E-state index contributed by atoms with van der Waals surface area (Å²) in [5.41, 5.74) is 3.08. The first-order chi connectivity index (χ1) is 8.69. The number of ether oxygens (including phenoxy) is 2. The number of benzene rings is 1. The number of amides is 1. The maximum absolute atomic E-state index is 11.4. The molecule has 18 heavy (non-hydrogen) atoms. The summed E-state index contributed by atoms with van der Waals surface area (Å²) in [7, 11) is 1.30. The van der Waals surface area contributed by atoms with E-state index >= 15 is 0 Å². The van der Waals surface area contributed by atoms with Gasteiger partial charge in [0.1, 0.15) is 0 Å². The van der Waals surface area contributed by atoms with Gasteiger partial charge in [0.2, 0.25) is 0 Å². The molecule has 0 atom stereocenters. The van der Waals surface area contributed by atoms with Crippen LogP contribution in [0.15, 0.2) is 29.4 Å². The topological polar surface area (TPSA) is 77.0 Å². The van der Waals surface area contributed by atoms with Crippen molar-refractivity contribution in [3.05, 3.63) is 35.4 Å². The molecule has 0 heterocycles. The number of hydrogen-bond donors (Lipinski definition) is 1. The predicted molar refractivity (Wildman–Crippen MR) is 65.5 cm³/mol. The zero-order valence-electron chi connectivity index (χ0n) is 10.2. The average Bonchev–Trinajstić information content (AvgIpc) is 2.39. The molecule has 96 valence electrons. The number of nitrogens with zero attached hydrogens (tertiary/aromatic N) is 1. The molecule has 0 radical (unpaired) electrons. The van der Waals surface area contributed by atoms with E-state index in [1.165, 1.54) is 13.3 Å². The Morgan fingerprint density at radius 1 is 1.39 bits per heavy atom. The zero-order valence-corrected chi connectivity index (χ0v) is 10.2. The molecule has 0 aliphatic rings. The summed E-state index contributed by atoms with van der Waals surface area (Å²) in [6.45, 7) is 1.95. The highest BCUT2D eigenvalue weighted by atomic mass is 16.5. The molecule has 0 aliphatic carbocycles. The second kappa shape index (κ2) is 7.05. The lowest BCUT2D eigenvalue weighted by Gasteiger charge is -2.03. The highest BCUT2D eigenvalue weighted by Gasteiger charge is 2.09. The third-order valence-electron chi connectivity index (χ3n) is 2.00. The third-order valence-corrected chi connectivity index (χ3v) is 2.00. The van der Waals surface area contributed by atoms with E-state index in [0.29, 0.717) is 11.1 Å². The summed E-state index contributed by atoms with van der Waals surface area (Å²) >= 11 is 0. The maximum Gasteiger partial charge on any atom is 0.427 e. The highest BCUT2D eigenvalue weighted by molar-refractivity contribution is 5.99. The van der Waals surface area contributed by atoms with Crippen LogP contribution in [0, 0.1) is 0 Å². The Morgan fingerprint density at radius 2 is 2.11 bits per heavy atom. The molecule has 6 heteroatoms. The molecule has 0 spiro atoms. The quantitative estimate of drug-likeness (QED) is 0.499. The first-order valence-corrected chi connectivity index (χ1v) is 5.32. The number of rotatable bonds is 4. The van der Waals surface area contributed by atoms with Crippen LogP contribution in [0.2, 0.25) is 0 Å². The SMILES string of the molecule is CCOC(=O)N/N=C\c1ccccc1C(=O)OC. The van der Waals surface area contributed by atoms with E-state index in [9.17, 15) is 9.59 Å². The van der Waals surface area contributed by atoms with Crippen LogP contribution in [0.3, 0.4) is 0 Å². The van der Waals surface area contributed by atoms with Crippen molar-refractivity contribution in [2.24, 2.45) is 5.10 Å². The van der Waals surface area contributed by atoms with E-state index in [0.717, 1.165) is 0 Å². The first kappa shape index (κ1) is 13.7. The van der Waals surface area contributed by atoms with Crippen LogP contribution < -0.4 is 5.43 Å². The van der Waals surface area contributed by atoms with E-state index in [-0.39, 0.29) is 6.61 Å². The molecule has 0 saturated heterocycles. The fraction of sp³-hybridized carbons (Fsp3) is 0.250. The standard InChI is InChI=1S/C12H14N2O4/c1-3-18-12(16)14-13-8-9-6-4-5-7-10(9)11(15)17-2/h4-8H,3H2,1-2H3,(H,14,16)/b13-8-. The lowest BCUT2D eigenvalue weighted by molar-refractivity contribution is 0.0600. The molecule has 0 aromatic heterocycles. The van der Waals surface area contributed by atoms with Crippen LogP contribution in [0.1, 0.15) is 22.8 Å². The van der Waals surface area contributed by atoms with Gasteiger partial charge in [-0.15, -0.1) is 0 Å². The fourth-order valence-corrected chi connectivity index (χ4v) is 1.22. The molecule has 1 amide bonds. The van der Waals surface area contributed by atoms with Gasteiger partial charge in [0.05, 0.1) is 25.5 Å². The lowest BCUT2D eigenvalue weighted by Crippen LogP contribution is -2.18. The van der Waals surface area contributed by atoms with Crippen molar-refractivity contribution in [2.45, 2.75) is 6.92 Å². The van der Waals surface area contributed by atoms with Crippen molar-refractivity contribution in [3.63, 3.8) is 0 Å². The molecule has 1 N–H and O–H groups in total. The Kier molecular flexibility index (Phi) is 5.37. The first-order valence-electron chi connectivity index (χ1n) is 5.32. The van der Waals surface area contributed by atoms with Crippen molar-refractivity contribution < 1.29 is 19.1 Å². The number of carbonyl (C=O) groups excluding carboxylic acids is 2. The monoisotopic (exact) mass is 250 g/mol. The van der Waals surface area contributed by atoms with Crippen LogP contribution >= 0.6 is 0 Å². The van der Waals surface area contributed by atoms with E-state index in [1.807, 2.05) is 0 Å². The predicted octanol–water partition coefficient (Wildman–Crippen LogP) is 1.55. The zero-order chi connectivity index (χ0) is 13.4. The smallest absolute Gasteiger partial charge is 0.427 e. The number of esters is 1. The number of hydrogen-bond acceptors (Lipinski definition) is 5. The van der Waals surface area contributed by atoms with Crippen molar-refractivity contribution in [2.75, 3.05) is 13.7 Å². The van der Waals surface area contributed by atoms with Crippen molar-refractivity contribution in [3.8, 4) is 0 Å². The largest absolute Gasteiger partial charge is 0.465 e. The number of nitrogens with one attached hydrogen (secondary N) is 1. The van der Waals surface area contributed by atoms with E-state index in [4.69, 9.17) is 0 Å². The number of methoxy groups -OCH3 is 1. The van der Waals surface area contributed by atoms with Crippen molar-refractivity contribution in [1.82, 2.24) is 5.43 Å². The van der Waals surface area contributed by atoms with Crippen molar-refractivity contribution >= 4 is 18.3 Å². The molecule has 0 fully saturated rings. The van der Waals surface area contributed by atoms with Crippen LogP contribution in [-0.4, -0.2) is 32.0 Å². The minimum atomic E-state index is -0.649. The lowest BCUT2D eigenvalue weighted by atomic mass is 10.1. The van der Waals surface area contributed by atoms with Gasteiger partial charge in [0, 0.05) is 5.56 Å². The Bertz CT molecular complexity index is 457. The van der Waals surface area contributed by atoms with Gasteiger partial charge in [0.25, 0.3) is 0 Å². The van der Waals surface area contributed by atoms with Crippen molar-refractivity contribution in [1.29, 1.82) is 0 Å². The van der Waals surface area contributed by atoms with Crippen LogP contribution in [-0.2, 0) is 9.47 Å². The molecule has 0 saturated carbocycles. The summed E-state index contributed by atoms with van der Waals surface area (Å²) in [6, 6.07) is 6.75. The minimum absolute atomic E-state index is 0.264. The second-order valence-corrected chi connectivity index (χ2v) is 3.17. The summed E-state index contributed by atoms with van der Waals surface area (Å²) in [6.07, 6.45) is 0.702. The van der Waals surface area contributed by atoms with E-state index in [1.54, 1.807) is 31.2 Å². The molecule has 1 aromatic rings. The molecule has 0 bridgehead atoms. The average molecular weight is 250 g/mol. The van der Waals surface area contributed by atoms with Gasteiger partial charge in [-0.3, -0.25) is 0 Å². The van der Waals surface area contributed by atoms with Crippen LogP contribution in [0.25, 0.3) is 0 Å². The number of hydrazone groups is 1. The molecular weight excluding hydrogens is 236 g/mol. The summed E-state index contributed by atoms with van der Waals surface area (Å²) < 4.78 is 9.25. The highest BCUT2D eigenvalue weighted by Crippen LogP contribution is 2.07. The summed E-state index contributed by atoms with van der Waals surface area (Å²) in [4.78, 5) is 22.4. The Morgan fingerprint density at radius 3 is 2.78 bits per heavy atom. The number of carbonyl (C=O) groups is 2. The van der Waals surface area contributed by atoms with Crippen LogP contribution in [0.4, 0.5) is 4.79 Å². The Hall–Kier alpha value is -2.37. The van der Waals surface area contributed by atoms with E-state index < -0.39 is 12.1 Å². The maximum atomic E-state index is 11.4. The normalized spacial score (nSPS) is 10.1. The molecule has 0 aliphatic heterocycles. The van der Waals surface area contributed by atoms with Gasteiger partial charge in [-0.25, -0.2) is 15.0 Å².